The van der Waals surface area contributed by atoms with Gasteiger partial charge in [-0.2, -0.15) is 0 Å². The third-order valence-electron chi connectivity index (χ3n) is 6.36. The molecule has 0 saturated heterocycles. The number of amides is 2. The van der Waals surface area contributed by atoms with Gasteiger partial charge in [0, 0.05) is 37.7 Å². The maximum atomic E-state index is 14.4. The molecule has 9 heteroatoms. The van der Waals surface area contributed by atoms with Gasteiger partial charge in [0.25, 0.3) is 5.91 Å². The van der Waals surface area contributed by atoms with Crippen LogP contribution < -0.4 is 9.47 Å². The van der Waals surface area contributed by atoms with Crippen LogP contribution in [0.2, 0.25) is 0 Å². The van der Waals surface area contributed by atoms with Crippen molar-refractivity contribution in [2.45, 2.75) is 18.9 Å². The lowest BCUT2D eigenvalue weighted by atomic mass is 10.0. The number of carbonyl (C=O) groups is 2. The number of fused-ring (bicyclic) bond motifs is 1. The van der Waals surface area contributed by atoms with Crippen molar-refractivity contribution >= 4 is 23.2 Å². The highest BCUT2D eigenvalue weighted by Crippen LogP contribution is 2.34. The Morgan fingerprint density at radius 1 is 1.11 bits per heavy atom. The molecule has 3 aromatic rings. The van der Waals surface area contributed by atoms with E-state index in [0.29, 0.717) is 31.1 Å². The first-order chi connectivity index (χ1) is 18.0. The lowest BCUT2D eigenvalue weighted by Crippen LogP contribution is -2.48. The van der Waals surface area contributed by atoms with Gasteiger partial charge in [0.05, 0.1) is 18.7 Å². The highest BCUT2D eigenvalue weighted by molar-refractivity contribution is 7.10. The first-order valence-electron chi connectivity index (χ1n) is 12.2. The van der Waals surface area contributed by atoms with Gasteiger partial charge in [-0.25, -0.2) is 4.39 Å². The van der Waals surface area contributed by atoms with Gasteiger partial charge in [0.15, 0.2) is 0 Å². The number of rotatable bonds is 11. The summed E-state index contributed by atoms with van der Waals surface area (Å²) in [5, 5.41) is 2.02. The summed E-state index contributed by atoms with van der Waals surface area (Å²) in [6.07, 6.45) is 1.26. The molecule has 1 aliphatic heterocycles. The van der Waals surface area contributed by atoms with E-state index in [1.54, 1.807) is 42.6 Å². The molecule has 2 aromatic carbocycles. The minimum atomic E-state index is -0.609. The molecule has 0 bridgehead atoms. The van der Waals surface area contributed by atoms with Gasteiger partial charge in [0.1, 0.15) is 30.5 Å². The van der Waals surface area contributed by atoms with Crippen LogP contribution in [0.3, 0.4) is 0 Å². The number of carbonyl (C=O) groups excluding carboxylic acids is 2. The van der Waals surface area contributed by atoms with E-state index in [1.807, 2.05) is 29.6 Å². The van der Waals surface area contributed by atoms with Gasteiger partial charge >= 0.3 is 0 Å². The maximum Gasteiger partial charge on any atom is 0.257 e. The fourth-order valence-electron chi connectivity index (χ4n) is 4.45. The topological polar surface area (TPSA) is 68.3 Å². The van der Waals surface area contributed by atoms with E-state index in [9.17, 15) is 14.0 Å². The van der Waals surface area contributed by atoms with Crippen LogP contribution in [0.1, 0.15) is 33.3 Å². The Hall–Kier alpha value is -3.43. The van der Waals surface area contributed by atoms with Crippen molar-refractivity contribution in [3.8, 4) is 11.5 Å². The Morgan fingerprint density at radius 2 is 1.92 bits per heavy atom. The normalized spacial score (nSPS) is 14.7. The van der Waals surface area contributed by atoms with E-state index in [-0.39, 0.29) is 37.2 Å². The average Bonchev–Trinajstić information content (AvgIpc) is 3.40. The third kappa shape index (κ3) is 6.47. The van der Waals surface area contributed by atoms with Gasteiger partial charge in [-0.15, -0.1) is 11.3 Å². The van der Waals surface area contributed by atoms with E-state index in [4.69, 9.17) is 14.2 Å². The molecule has 196 valence electrons. The zero-order valence-corrected chi connectivity index (χ0v) is 21.8. The fraction of sp³-hybridized carbons (Fsp3) is 0.357. The fourth-order valence-corrected chi connectivity index (χ4v) is 5.38. The van der Waals surface area contributed by atoms with Crippen molar-refractivity contribution < 1.29 is 28.2 Å². The Balaban J connectivity index is 1.53. The Morgan fingerprint density at radius 3 is 2.70 bits per heavy atom. The summed E-state index contributed by atoms with van der Waals surface area (Å²) in [5.74, 6) is -0.00557. The van der Waals surface area contributed by atoms with E-state index < -0.39 is 11.7 Å². The van der Waals surface area contributed by atoms with Crippen molar-refractivity contribution in [1.29, 1.82) is 0 Å². The van der Waals surface area contributed by atoms with Crippen molar-refractivity contribution in [2.75, 3.05) is 47.1 Å². The smallest absolute Gasteiger partial charge is 0.257 e. The largest absolute Gasteiger partial charge is 0.497 e. The molecule has 0 saturated carbocycles. The Kier molecular flexibility index (Phi) is 9.14. The lowest BCUT2D eigenvalue weighted by molar-refractivity contribution is -0.135. The second-order valence-electron chi connectivity index (χ2n) is 8.69. The SMILES string of the molecule is COCCCN(CC(=O)N1CCc2sccc2[C@H]1COc1cccc(OC)c1)C(=O)c1ccccc1F. The molecule has 0 spiro atoms. The Labute approximate surface area is 220 Å². The molecule has 2 heterocycles. The molecule has 0 radical (unpaired) electrons. The molecule has 0 fully saturated rings. The first-order valence-corrected chi connectivity index (χ1v) is 13.0. The number of hydrogen-bond donors (Lipinski definition) is 0. The van der Waals surface area contributed by atoms with E-state index >= 15 is 0 Å². The van der Waals surface area contributed by atoms with Crippen LogP contribution in [0.5, 0.6) is 11.5 Å². The number of halogens is 1. The van der Waals surface area contributed by atoms with Crippen molar-refractivity contribution in [2.24, 2.45) is 0 Å². The molecular weight excluding hydrogens is 495 g/mol. The summed E-state index contributed by atoms with van der Waals surface area (Å²) in [6, 6.07) is 14.9. The zero-order chi connectivity index (χ0) is 26.2. The van der Waals surface area contributed by atoms with Crippen LogP contribution in [0.4, 0.5) is 4.39 Å². The highest BCUT2D eigenvalue weighted by Gasteiger charge is 2.34. The second kappa shape index (κ2) is 12.7. The van der Waals surface area contributed by atoms with Crippen LogP contribution in [0.15, 0.2) is 60.0 Å². The van der Waals surface area contributed by atoms with Crippen molar-refractivity contribution in [1.82, 2.24) is 9.80 Å². The molecule has 37 heavy (non-hydrogen) atoms. The van der Waals surface area contributed by atoms with Crippen molar-refractivity contribution in [3.05, 3.63) is 81.8 Å². The highest BCUT2D eigenvalue weighted by atomic mass is 32.1. The third-order valence-corrected chi connectivity index (χ3v) is 7.35. The van der Waals surface area contributed by atoms with Crippen LogP contribution in [0.25, 0.3) is 0 Å². The lowest BCUT2D eigenvalue weighted by Gasteiger charge is -2.37. The molecule has 1 atom stereocenters. The van der Waals surface area contributed by atoms with Gasteiger partial charge < -0.3 is 24.0 Å². The zero-order valence-electron chi connectivity index (χ0n) is 21.0. The van der Waals surface area contributed by atoms with Crippen LogP contribution in [0, 0.1) is 5.82 Å². The van der Waals surface area contributed by atoms with Crippen LogP contribution in [-0.4, -0.2) is 68.7 Å². The summed E-state index contributed by atoms with van der Waals surface area (Å²) >= 11 is 1.67. The monoisotopic (exact) mass is 526 g/mol. The minimum Gasteiger partial charge on any atom is -0.497 e. The molecule has 0 N–H and O–H groups in total. The van der Waals surface area contributed by atoms with Gasteiger partial charge in [0.2, 0.25) is 5.91 Å². The summed E-state index contributed by atoms with van der Waals surface area (Å²) in [4.78, 5) is 31.3. The molecule has 2 amide bonds. The maximum absolute atomic E-state index is 14.4. The predicted octanol–water partition coefficient (Wildman–Crippen LogP) is 4.58. The molecule has 4 rings (SSSR count). The quantitative estimate of drug-likeness (QED) is 0.342. The molecule has 1 aromatic heterocycles. The molecular formula is C28H31FN2O5S. The van der Waals surface area contributed by atoms with Gasteiger partial charge in [-0.05, 0) is 54.1 Å². The summed E-state index contributed by atoms with van der Waals surface area (Å²) in [7, 11) is 3.17. The molecule has 1 aliphatic rings. The predicted molar refractivity (Wildman–Crippen MR) is 140 cm³/mol. The number of thiophene rings is 1. The summed E-state index contributed by atoms with van der Waals surface area (Å²) in [5.41, 5.74) is 1.00. The van der Waals surface area contributed by atoms with E-state index in [2.05, 4.69) is 0 Å². The number of hydrogen-bond acceptors (Lipinski definition) is 6. The average molecular weight is 527 g/mol. The van der Waals surface area contributed by atoms with Crippen LogP contribution in [-0.2, 0) is 16.0 Å². The Bertz CT molecular complexity index is 1220. The number of nitrogens with zero attached hydrogens (tertiary/aromatic N) is 2. The first kappa shape index (κ1) is 26.6. The number of methoxy groups -OCH3 is 2. The number of benzene rings is 2. The van der Waals surface area contributed by atoms with Crippen molar-refractivity contribution in [3.63, 3.8) is 0 Å². The second-order valence-corrected chi connectivity index (χ2v) is 9.70. The van der Waals surface area contributed by atoms with E-state index in [0.717, 1.165) is 12.0 Å². The van der Waals surface area contributed by atoms with Crippen LogP contribution >= 0.6 is 11.3 Å². The summed E-state index contributed by atoms with van der Waals surface area (Å²) < 4.78 is 30.9. The summed E-state index contributed by atoms with van der Waals surface area (Å²) in [6.45, 7) is 1.31. The standard InChI is InChI=1S/C28H31FN2O5S/c1-34-15-6-13-30(28(33)22-9-3-4-10-24(22)29)18-27(32)31-14-11-26-23(12-16-37-26)25(31)19-36-21-8-5-7-20(17-21)35-2/h3-5,7-10,12,16-17,25H,6,11,13-15,18-19H2,1-2H3/t25-/m1/s1. The molecule has 0 unspecified atom stereocenters. The molecule has 0 aliphatic carbocycles. The minimum absolute atomic E-state index is 0.0515. The van der Waals surface area contributed by atoms with Gasteiger partial charge in [-0.3, -0.25) is 9.59 Å². The molecule has 7 nitrogen and oxygen atoms in total. The number of ether oxygens (including phenoxy) is 3. The van der Waals surface area contributed by atoms with E-state index in [1.165, 1.54) is 28.0 Å². The van der Waals surface area contributed by atoms with Gasteiger partial charge in [-0.1, -0.05) is 18.2 Å².